The number of rotatable bonds is 3. The molecule has 1 fully saturated rings. The Hall–Kier alpha value is -0.310. The van der Waals surface area contributed by atoms with Gasteiger partial charge in [-0.1, -0.05) is 26.7 Å². The summed E-state index contributed by atoms with van der Waals surface area (Å²) in [4.78, 5) is 0. The van der Waals surface area contributed by atoms with Crippen LogP contribution in [0.3, 0.4) is 0 Å². The Morgan fingerprint density at radius 3 is 2.29 bits per heavy atom. The Labute approximate surface area is 92.8 Å². The zero-order chi connectivity index (χ0) is 10.6. The van der Waals surface area contributed by atoms with Gasteiger partial charge in [-0.25, -0.2) is 0 Å². The van der Waals surface area contributed by atoms with Gasteiger partial charge < -0.3 is 10.6 Å². The predicted octanol–water partition coefficient (Wildman–Crippen LogP) is 2.44. The summed E-state index contributed by atoms with van der Waals surface area (Å²) in [6, 6.07) is 1.07. The molecule has 0 bridgehead atoms. The molecule has 0 aromatic heterocycles. The zero-order valence-electron chi connectivity index (χ0n) is 9.47. The normalized spacial score (nSPS) is 19.7. The van der Waals surface area contributed by atoms with E-state index in [4.69, 9.17) is 12.2 Å². The van der Waals surface area contributed by atoms with Gasteiger partial charge in [0.1, 0.15) is 0 Å². The van der Waals surface area contributed by atoms with Crippen molar-refractivity contribution in [1.82, 2.24) is 10.6 Å². The Balaban J connectivity index is 2.21. The molecule has 0 heterocycles. The molecule has 0 aromatic rings. The van der Waals surface area contributed by atoms with Gasteiger partial charge in [-0.2, -0.15) is 0 Å². The molecule has 0 spiro atoms. The van der Waals surface area contributed by atoms with Crippen LogP contribution in [-0.4, -0.2) is 17.2 Å². The summed E-state index contributed by atoms with van der Waals surface area (Å²) in [5, 5.41) is 7.54. The molecule has 2 N–H and O–H groups in total. The van der Waals surface area contributed by atoms with E-state index in [0.29, 0.717) is 18.0 Å². The van der Waals surface area contributed by atoms with Crippen LogP contribution in [-0.2, 0) is 0 Å². The summed E-state index contributed by atoms with van der Waals surface area (Å²) in [5.74, 6) is 0.623. The van der Waals surface area contributed by atoms with Crippen LogP contribution in [0.4, 0.5) is 0 Å². The van der Waals surface area contributed by atoms with Crippen molar-refractivity contribution in [3.63, 3.8) is 0 Å². The van der Waals surface area contributed by atoms with Crippen LogP contribution in [0.25, 0.3) is 0 Å². The van der Waals surface area contributed by atoms with Crippen molar-refractivity contribution in [2.75, 3.05) is 0 Å². The molecule has 0 amide bonds. The van der Waals surface area contributed by atoms with Crippen LogP contribution >= 0.6 is 12.2 Å². The lowest BCUT2D eigenvalue weighted by atomic mass is 10.1. The number of hydrogen-bond donors (Lipinski definition) is 2. The third kappa shape index (κ3) is 3.82. The van der Waals surface area contributed by atoms with E-state index in [1.807, 2.05) is 0 Å². The highest BCUT2D eigenvalue weighted by Gasteiger charge is 2.16. The molecule has 2 nitrogen and oxygen atoms in total. The zero-order valence-corrected chi connectivity index (χ0v) is 10.3. The third-order valence-corrected chi connectivity index (χ3v) is 3.28. The number of hydrogen-bond acceptors (Lipinski definition) is 1. The second-order valence-electron chi connectivity index (χ2n) is 4.63. The maximum atomic E-state index is 5.26. The summed E-state index contributed by atoms with van der Waals surface area (Å²) in [6.45, 7) is 6.58. The van der Waals surface area contributed by atoms with Gasteiger partial charge in [0.2, 0.25) is 0 Å². The Morgan fingerprint density at radius 1 is 1.21 bits per heavy atom. The van der Waals surface area contributed by atoms with E-state index in [0.717, 1.165) is 5.11 Å². The predicted molar refractivity (Wildman–Crippen MR) is 65.4 cm³/mol. The fraction of sp³-hybridized carbons (Fsp3) is 0.909. The fourth-order valence-electron chi connectivity index (χ4n) is 1.67. The van der Waals surface area contributed by atoms with Gasteiger partial charge in [0.25, 0.3) is 0 Å². The van der Waals surface area contributed by atoms with Gasteiger partial charge >= 0.3 is 0 Å². The Bertz CT molecular complexity index is 180. The van der Waals surface area contributed by atoms with Crippen molar-refractivity contribution < 1.29 is 0 Å². The SMILES string of the molecule is CC(C)C(C)NC(=S)NC1CCCC1. The van der Waals surface area contributed by atoms with Crippen LogP contribution in [0.2, 0.25) is 0 Å². The standard InChI is InChI=1S/C11H22N2S/c1-8(2)9(3)12-11(14)13-10-6-4-5-7-10/h8-10H,4-7H2,1-3H3,(H2,12,13,14). The maximum Gasteiger partial charge on any atom is 0.166 e. The molecule has 1 aliphatic carbocycles. The molecule has 0 saturated heterocycles. The van der Waals surface area contributed by atoms with E-state index in [2.05, 4.69) is 31.4 Å². The first-order valence-electron chi connectivity index (χ1n) is 5.66. The Kier molecular flexibility index (Phi) is 4.66. The molecule has 1 aliphatic rings. The Morgan fingerprint density at radius 2 is 1.79 bits per heavy atom. The highest BCUT2D eigenvalue weighted by Crippen LogP contribution is 2.17. The second kappa shape index (κ2) is 5.54. The molecule has 14 heavy (non-hydrogen) atoms. The molecule has 1 atom stereocenters. The minimum Gasteiger partial charge on any atom is -0.360 e. The van der Waals surface area contributed by atoms with E-state index in [1.165, 1.54) is 25.7 Å². The first kappa shape index (κ1) is 11.8. The van der Waals surface area contributed by atoms with E-state index in [9.17, 15) is 0 Å². The van der Waals surface area contributed by atoms with Gasteiger partial charge in [-0.3, -0.25) is 0 Å². The van der Waals surface area contributed by atoms with E-state index in [1.54, 1.807) is 0 Å². The monoisotopic (exact) mass is 214 g/mol. The quantitative estimate of drug-likeness (QED) is 0.706. The van der Waals surface area contributed by atoms with Gasteiger partial charge in [0.05, 0.1) is 0 Å². The second-order valence-corrected chi connectivity index (χ2v) is 5.04. The molecule has 1 unspecified atom stereocenters. The van der Waals surface area contributed by atoms with Gasteiger partial charge in [0, 0.05) is 12.1 Å². The molecule has 1 saturated carbocycles. The van der Waals surface area contributed by atoms with Gasteiger partial charge in [0.15, 0.2) is 5.11 Å². The van der Waals surface area contributed by atoms with Crippen molar-refractivity contribution in [2.45, 2.75) is 58.5 Å². The first-order chi connectivity index (χ1) is 6.59. The number of nitrogens with one attached hydrogen (secondary N) is 2. The van der Waals surface area contributed by atoms with E-state index < -0.39 is 0 Å². The fourth-order valence-corrected chi connectivity index (χ4v) is 2.02. The largest absolute Gasteiger partial charge is 0.360 e. The lowest BCUT2D eigenvalue weighted by molar-refractivity contribution is 0.479. The van der Waals surface area contributed by atoms with Crippen LogP contribution in [0.5, 0.6) is 0 Å². The maximum absolute atomic E-state index is 5.26. The van der Waals surface area contributed by atoms with Gasteiger partial charge in [-0.05, 0) is 37.9 Å². The molecule has 0 aromatic carbocycles. The third-order valence-electron chi connectivity index (χ3n) is 3.05. The van der Waals surface area contributed by atoms with Crippen LogP contribution in [0.1, 0.15) is 46.5 Å². The summed E-state index contributed by atoms with van der Waals surface area (Å²) < 4.78 is 0. The van der Waals surface area contributed by atoms with Crippen molar-refractivity contribution in [1.29, 1.82) is 0 Å². The highest BCUT2D eigenvalue weighted by atomic mass is 32.1. The molecular formula is C11H22N2S. The minimum atomic E-state index is 0.455. The highest BCUT2D eigenvalue weighted by molar-refractivity contribution is 7.80. The smallest absolute Gasteiger partial charge is 0.166 e. The molecule has 1 rings (SSSR count). The first-order valence-corrected chi connectivity index (χ1v) is 6.07. The van der Waals surface area contributed by atoms with E-state index in [-0.39, 0.29) is 0 Å². The van der Waals surface area contributed by atoms with Crippen molar-refractivity contribution in [3.05, 3.63) is 0 Å². The van der Waals surface area contributed by atoms with Crippen molar-refractivity contribution in [2.24, 2.45) is 5.92 Å². The summed E-state index contributed by atoms with van der Waals surface area (Å²) in [7, 11) is 0. The lowest BCUT2D eigenvalue weighted by Gasteiger charge is -2.22. The average molecular weight is 214 g/mol. The summed E-state index contributed by atoms with van der Waals surface area (Å²) in [5.41, 5.74) is 0. The molecule has 0 aliphatic heterocycles. The summed E-state index contributed by atoms with van der Waals surface area (Å²) in [6.07, 6.45) is 5.25. The average Bonchev–Trinajstić information content (AvgIpc) is 2.56. The topological polar surface area (TPSA) is 24.1 Å². The molecule has 3 heteroatoms. The van der Waals surface area contributed by atoms with Gasteiger partial charge in [-0.15, -0.1) is 0 Å². The molecule has 0 radical (unpaired) electrons. The lowest BCUT2D eigenvalue weighted by Crippen LogP contribution is -2.45. The van der Waals surface area contributed by atoms with Crippen LogP contribution in [0.15, 0.2) is 0 Å². The molecular weight excluding hydrogens is 192 g/mol. The minimum absolute atomic E-state index is 0.455. The van der Waals surface area contributed by atoms with Crippen molar-refractivity contribution in [3.8, 4) is 0 Å². The summed E-state index contributed by atoms with van der Waals surface area (Å²) >= 11 is 5.26. The number of thiocarbonyl (C=S) groups is 1. The van der Waals surface area contributed by atoms with Crippen LogP contribution < -0.4 is 10.6 Å². The van der Waals surface area contributed by atoms with E-state index >= 15 is 0 Å². The molecule has 82 valence electrons. The van der Waals surface area contributed by atoms with Crippen LogP contribution in [0, 0.1) is 5.92 Å². The van der Waals surface area contributed by atoms with Crippen molar-refractivity contribution >= 4 is 17.3 Å².